The Morgan fingerprint density at radius 1 is 1.19 bits per heavy atom. The molecule has 0 heterocycles. The van der Waals surface area contributed by atoms with E-state index in [1.807, 2.05) is 0 Å². The fourth-order valence-corrected chi connectivity index (χ4v) is 4.13. The Bertz CT molecular complexity index is 285. The molecule has 0 atom stereocenters. The minimum atomic E-state index is -4.38. The van der Waals surface area contributed by atoms with Crippen molar-refractivity contribution in [2.75, 3.05) is 5.75 Å². The van der Waals surface area contributed by atoms with Crippen LogP contribution < -0.4 is 29.6 Å². The maximum atomic E-state index is 10.9. The first-order valence-electron chi connectivity index (χ1n) is 4.59. The molecule has 8 heteroatoms. The topological polar surface area (TPSA) is 60.4 Å². The van der Waals surface area contributed by atoms with Crippen LogP contribution in [-0.4, -0.2) is 28.2 Å². The van der Waals surface area contributed by atoms with Crippen molar-refractivity contribution in [1.82, 2.24) is 3.94 Å². The van der Waals surface area contributed by atoms with Gasteiger partial charge in [-0.05, 0) is 35.4 Å². The van der Waals surface area contributed by atoms with Crippen molar-refractivity contribution in [1.29, 1.82) is 0 Å². The molecule has 0 aliphatic rings. The predicted molar refractivity (Wildman–Crippen MR) is 60.5 cm³/mol. The quantitative estimate of drug-likeness (QED) is 0.379. The molecule has 0 aliphatic heterocycles. The second-order valence-corrected chi connectivity index (χ2v) is 6.49. The third-order valence-corrected chi connectivity index (χ3v) is 4.17. The molecule has 4 nitrogen and oxygen atoms in total. The molecule has 0 aliphatic carbocycles. The number of hydrogen-bond donors (Lipinski definition) is 0. The number of hydrogen-bond acceptors (Lipinski definition) is 4. The summed E-state index contributed by atoms with van der Waals surface area (Å²) in [4.78, 5) is 0. The summed E-state index contributed by atoms with van der Waals surface area (Å²) in [7, 11) is -4.38. The summed E-state index contributed by atoms with van der Waals surface area (Å²) in [5.41, 5.74) is -1.05. The van der Waals surface area contributed by atoms with Crippen LogP contribution in [0.2, 0.25) is 0 Å². The van der Waals surface area contributed by atoms with E-state index in [2.05, 4.69) is 0 Å². The van der Waals surface area contributed by atoms with Crippen LogP contribution in [0.4, 0.5) is 0 Å². The van der Waals surface area contributed by atoms with Crippen LogP contribution in [0.5, 0.6) is 0 Å². The summed E-state index contributed by atoms with van der Waals surface area (Å²) in [6.07, 6.45) is 0. The van der Waals surface area contributed by atoms with E-state index in [1.165, 1.54) is 0 Å². The zero-order valence-electron chi connectivity index (χ0n) is 10.2. The van der Waals surface area contributed by atoms with Gasteiger partial charge in [0, 0.05) is 0 Å². The molecular weight excluding hydrogens is 284 g/mol. The molecule has 0 aromatic carbocycles. The van der Waals surface area contributed by atoms with Crippen molar-refractivity contribution in [3.8, 4) is 0 Å². The van der Waals surface area contributed by atoms with Crippen molar-refractivity contribution in [3.63, 3.8) is 0 Å². The Hall–Kier alpha value is 1.45. The summed E-state index contributed by atoms with van der Waals surface area (Å²) >= 11 is 11.4. The molecule has 0 fully saturated rings. The van der Waals surface area contributed by atoms with Gasteiger partial charge >= 0.3 is 29.6 Å². The van der Waals surface area contributed by atoms with Gasteiger partial charge in [-0.25, -0.2) is 8.42 Å². The Labute approximate surface area is 130 Å². The van der Waals surface area contributed by atoms with Gasteiger partial charge in [0.2, 0.25) is 0 Å². The molecule has 0 bridgehead atoms. The summed E-state index contributed by atoms with van der Waals surface area (Å²) in [6.45, 7) is 7.12. The molecule has 0 saturated carbocycles. The van der Waals surface area contributed by atoms with Crippen molar-refractivity contribution in [2.24, 2.45) is 11.8 Å². The first-order chi connectivity index (χ1) is 6.54. The third-order valence-electron chi connectivity index (χ3n) is 2.72. The van der Waals surface area contributed by atoms with Crippen LogP contribution >= 0.6 is 23.6 Å². The van der Waals surface area contributed by atoms with E-state index >= 15 is 0 Å². The predicted octanol–water partition coefficient (Wildman–Crippen LogP) is -0.804. The molecule has 0 spiro atoms. The number of rotatable bonds is 5. The summed E-state index contributed by atoms with van der Waals surface area (Å²) < 4.78 is 33.4. The van der Waals surface area contributed by atoms with Crippen molar-refractivity contribution >= 4 is 33.7 Å². The SMILES string of the molecule is CC(C)C(CS(=O)(=O)[O-])(C(C)C)N(Cl)Cl.[Na+]. The monoisotopic (exact) mass is 299 g/mol. The average Bonchev–Trinajstić information content (AvgIpc) is 1.96. The Balaban J connectivity index is 0. The van der Waals surface area contributed by atoms with Gasteiger partial charge in [0.15, 0.2) is 0 Å². The first kappa shape index (κ1) is 19.8. The second-order valence-electron chi connectivity index (χ2n) is 4.24. The van der Waals surface area contributed by atoms with Gasteiger partial charge in [-0.3, -0.25) is 0 Å². The van der Waals surface area contributed by atoms with Crippen LogP contribution in [0.25, 0.3) is 0 Å². The van der Waals surface area contributed by atoms with Gasteiger partial charge in [0.1, 0.15) is 0 Å². The van der Waals surface area contributed by atoms with Gasteiger partial charge < -0.3 is 4.55 Å². The molecule has 0 aromatic heterocycles. The third kappa shape index (κ3) is 4.98. The maximum absolute atomic E-state index is 10.9. The largest absolute Gasteiger partial charge is 1.00 e. The van der Waals surface area contributed by atoms with Gasteiger partial charge in [-0.2, -0.15) is 0 Å². The Morgan fingerprint density at radius 3 is 1.56 bits per heavy atom. The molecule has 16 heavy (non-hydrogen) atoms. The summed E-state index contributed by atoms with van der Waals surface area (Å²) in [6, 6.07) is 0. The van der Waals surface area contributed by atoms with Crippen LogP contribution in [-0.2, 0) is 10.1 Å². The standard InChI is InChI=1S/C8H17Cl2NO3S.Na/c1-6(2)8(7(3)4,11(9)10)5-15(12,13)14;/h6-7H,5H2,1-4H3,(H,12,13,14);/q;+1/p-1. The van der Waals surface area contributed by atoms with Gasteiger partial charge in [0.05, 0.1) is 21.4 Å². The van der Waals surface area contributed by atoms with E-state index in [9.17, 15) is 13.0 Å². The van der Waals surface area contributed by atoms with Gasteiger partial charge in [-0.15, -0.1) is 3.94 Å². The van der Waals surface area contributed by atoms with E-state index in [0.717, 1.165) is 3.94 Å². The molecule has 0 radical (unpaired) electrons. The molecule has 0 unspecified atom stereocenters. The molecule has 92 valence electrons. The Morgan fingerprint density at radius 2 is 1.50 bits per heavy atom. The fraction of sp³-hybridized carbons (Fsp3) is 1.00. The average molecular weight is 300 g/mol. The van der Waals surface area contributed by atoms with Crippen molar-refractivity contribution < 1.29 is 42.5 Å². The number of nitrogens with zero attached hydrogens (tertiary/aromatic N) is 1. The van der Waals surface area contributed by atoms with Crippen LogP contribution in [0.1, 0.15) is 27.7 Å². The molecule has 0 saturated heterocycles. The zero-order valence-corrected chi connectivity index (χ0v) is 14.5. The van der Waals surface area contributed by atoms with E-state index in [0.29, 0.717) is 0 Å². The van der Waals surface area contributed by atoms with Crippen molar-refractivity contribution in [2.45, 2.75) is 33.2 Å². The van der Waals surface area contributed by atoms with Gasteiger partial charge in [-0.1, -0.05) is 27.7 Å². The molecule has 0 amide bonds. The van der Waals surface area contributed by atoms with Crippen LogP contribution in [0.15, 0.2) is 0 Å². The summed E-state index contributed by atoms with van der Waals surface area (Å²) in [5, 5.41) is 0. The summed E-state index contributed by atoms with van der Waals surface area (Å²) in [5.74, 6) is -0.907. The second kappa shape index (κ2) is 7.14. The molecule has 0 rings (SSSR count). The maximum Gasteiger partial charge on any atom is 1.00 e. The zero-order chi connectivity index (χ0) is 12.4. The molecule has 0 aromatic rings. The normalized spacial score (nSPS) is 13.4. The Kier molecular flexibility index (Phi) is 8.83. The van der Waals surface area contributed by atoms with E-state index in [1.54, 1.807) is 27.7 Å². The van der Waals surface area contributed by atoms with Crippen LogP contribution in [0, 0.1) is 11.8 Å². The van der Waals surface area contributed by atoms with Crippen molar-refractivity contribution in [3.05, 3.63) is 0 Å². The minimum Gasteiger partial charge on any atom is -0.748 e. The first-order valence-corrected chi connectivity index (χ1v) is 6.84. The van der Waals surface area contributed by atoms with E-state index < -0.39 is 21.4 Å². The minimum absolute atomic E-state index is 0. The number of halogens is 2. The molecule has 0 N–H and O–H groups in total. The van der Waals surface area contributed by atoms with E-state index in [4.69, 9.17) is 23.6 Å². The van der Waals surface area contributed by atoms with Gasteiger partial charge in [0.25, 0.3) is 0 Å². The molecular formula is C8H16Cl2NNaO3S. The smallest absolute Gasteiger partial charge is 0.748 e. The van der Waals surface area contributed by atoms with E-state index in [-0.39, 0.29) is 41.4 Å². The van der Waals surface area contributed by atoms with Crippen LogP contribution in [0.3, 0.4) is 0 Å². The fourth-order valence-electron chi connectivity index (χ4n) is 1.72.